The van der Waals surface area contributed by atoms with Crippen molar-refractivity contribution in [2.45, 2.75) is 31.7 Å². The van der Waals surface area contributed by atoms with Crippen molar-refractivity contribution in [3.8, 4) is 0 Å². The van der Waals surface area contributed by atoms with E-state index in [0.29, 0.717) is 50.5 Å². The number of amides is 1. The summed E-state index contributed by atoms with van der Waals surface area (Å²) >= 11 is 0. The first-order valence-corrected chi connectivity index (χ1v) is 12.1. The number of morpholine rings is 1. The zero-order chi connectivity index (χ0) is 27.0. The van der Waals surface area contributed by atoms with Gasteiger partial charge in [-0.25, -0.2) is 19.5 Å². The lowest BCUT2D eigenvalue weighted by Gasteiger charge is -2.39. The van der Waals surface area contributed by atoms with Gasteiger partial charge in [-0.1, -0.05) is 12.1 Å². The number of H-pyrrole nitrogens is 1. The van der Waals surface area contributed by atoms with Crippen LogP contribution in [0.3, 0.4) is 0 Å². The lowest BCUT2D eigenvalue weighted by molar-refractivity contribution is -0.138. The number of carbonyl (C=O) groups is 1. The Morgan fingerprint density at radius 3 is 2.50 bits per heavy atom. The number of rotatable bonds is 4. The number of alkyl halides is 3. The fraction of sp³-hybridized carbons (Fsp3) is 0.458. The number of hydrogen-bond donors (Lipinski definition) is 1. The van der Waals surface area contributed by atoms with Gasteiger partial charge < -0.3 is 19.4 Å². The van der Waals surface area contributed by atoms with Crippen molar-refractivity contribution in [1.29, 1.82) is 0 Å². The Kier molecular flexibility index (Phi) is 6.90. The Balaban J connectivity index is 1.22. The topological polar surface area (TPSA) is 108 Å². The smallest absolute Gasteiger partial charge is 0.371 e. The summed E-state index contributed by atoms with van der Waals surface area (Å²) in [7, 11) is 0. The highest BCUT2D eigenvalue weighted by Crippen LogP contribution is 2.29. The molecule has 4 heterocycles. The molecule has 2 aromatic heterocycles. The van der Waals surface area contributed by atoms with E-state index < -0.39 is 29.2 Å². The molecule has 0 saturated carbocycles. The van der Waals surface area contributed by atoms with Crippen LogP contribution in [0.4, 0.5) is 29.3 Å². The summed E-state index contributed by atoms with van der Waals surface area (Å²) in [5.74, 6) is -0.164. The standard InChI is InChI=1S/C24H25F4N7O3/c1-14-12-35(21-17-3-2-4-18(25)20(17)22(37)32-31-21)13-16(38-14)9-19(36)33-5-7-34(8-6-33)23-29-10-15(11-30-23)24(26,27)28/h2-4,10-11,14,16H,5-9,12-13H2,1H3,(H,32,37)/t14-,16+/m0/s1. The molecule has 38 heavy (non-hydrogen) atoms. The number of nitrogens with one attached hydrogen (secondary N) is 1. The van der Waals surface area contributed by atoms with Crippen LogP contribution in [-0.4, -0.2) is 82.4 Å². The lowest BCUT2D eigenvalue weighted by atomic mass is 10.1. The van der Waals surface area contributed by atoms with Crippen molar-refractivity contribution >= 4 is 28.4 Å². The lowest BCUT2D eigenvalue weighted by Crippen LogP contribution is -2.52. The number of halogens is 4. The number of anilines is 2. The Morgan fingerprint density at radius 2 is 1.82 bits per heavy atom. The second-order valence-corrected chi connectivity index (χ2v) is 9.35. The number of aromatic nitrogens is 4. The van der Waals surface area contributed by atoms with E-state index >= 15 is 0 Å². The largest absolute Gasteiger partial charge is 0.419 e. The average Bonchev–Trinajstić information content (AvgIpc) is 2.88. The highest BCUT2D eigenvalue weighted by atomic mass is 19.4. The maximum absolute atomic E-state index is 14.3. The maximum atomic E-state index is 14.3. The molecule has 202 valence electrons. The maximum Gasteiger partial charge on any atom is 0.419 e. The molecule has 1 aromatic carbocycles. The fourth-order valence-corrected chi connectivity index (χ4v) is 4.84. The third kappa shape index (κ3) is 5.26. The van der Waals surface area contributed by atoms with Gasteiger partial charge in [-0.15, -0.1) is 0 Å². The summed E-state index contributed by atoms with van der Waals surface area (Å²) in [6.45, 7) is 4.11. The van der Waals surface area contributed by atoms with Crippen LogP contribution >= 0.6 is 0 Å². The molecular weight excluding hydrogens is 510 g/mol. The van der Waals surface area contributed by atoms with Crippen LogP contribution in [0.25, 0.3) is 10.8 Å². The van der Waals surface area contributed by atoms with Gasteiger partial charge in [-0.05, 0) is 13.0 Å². The van der Waals surface area contributed by atoms with Gasteiger partial charge in [-0.3, -0.25) is 9.59 Å². The molecule has 5 rings (SSSR count). The second kappa shape index (κ2) is 10.2. The van der Waals surface area contributed by atoms with E-state index in [1.807, 2.05) is 11.8 Å². The van der Waals surface area contributed by atoms with Crippen LogP contribution in [-0.2, 0) is 15.7 Å². The van der Waals surface area contributed by atoms with Crippen LogP contribution < -0.4 is 15.4 Å². The Labute approximate surface area is 214 Å². The number of benzene rings is 1. The minimum atomic E-state index is -4.50. The van der Waals surface area contributed by atoms with Crippen molar-refractivity contribution in [1.82, 2.24) is 25.1 Å². The highest BCUT2D eigenvalue weighted by Gasteiger charge is 2.33. The van der Waals surface area contributed by atoms with Crippen molar-refractivity contribution in [2.24, 2.45) is 0 Å². The minimum absolute atomic E-state index is 0.0702. The van der Waals surface area contributed by atoms with Gasteiger partial charge in [0.25, 0.3) is 5.56 Å². The molecule has 0 bridgehead atoms. The van der Waals surface area contributed by atoms with Crippen LogP contribution in [0.2, 0.25) is 0 Å². The normalized spacial score (nSPS) is 20.7. The predicted octanol–water partition coefficient (Wildman–Crippen LogP) is 2.20. The summed E-state index contributed by atoms with van der Waals surface area (Å²) in [6, 6.07) is 4.37. The molecular formula is C24H25F4N7O3. The van der Waals surface area contributed by atoms with Crippen LogP contribution in [0.15, 0.2) is 35.4 Å². The molecule has 14 heteroatoms. The Bertz CT molecular complexity index is 1370. The molecule has 0 unspecified atom stereocenters. The number of aromatic amines is 1. The van der Waals surface area contributed by atoms with E-state index in [9.17, 15) is 27.2 Å². The second-order valence-electron chi connectivity index (χ2n) is 9.35. The molecule has 10 nitrogen and oxygen atoms in total. The van der Waals surface area contributed by atoms with Crippen LogP contribution in [0.1, 0.15) is 18.9 Å². The molecule has 2 fully saturated rings. The van der Waals surface area contributed by atoms with Gasteiger partial charge in [0.1, 0.15) is 5.82 Å². The third-order valence-electron chi connectivity index (χ3n) is 6.65. The van der Waals surface area contributed by atoms with Crippen molar-refractivity contribution in [3.63, 3.8) is 0 Å². The molecule has 3 aromatic rings. The molecule has 0 radical (unpaired) electrons. The first-order valence-electron chi connectivity index (χ1n) is 12.1. The van der Waals surface area contributed by atoms with E-state index in [4.69, 9.17) is 4.74 Å². The van der Waals surface area contributed by atoms with Gasteiger partial charge >= 0.3 is 6.18 Å². The SMILES string of the molecule is C[C@H]1CN(c2n[nH]c(=O)c3c(F)cccc23)C[C@@H](CC(=O)N2CCN(c3ncc(C(F)(F)F)cn3)CC2)O1. The zero-order valence-corrected chi connectivity index (χ0v) is 20.4. The molecule has 2 aliphatic rings. The molecule has 1 N–H and O–H groups in total. The molecule has 2 atom stereocenters. The zero-order valence-electron chi connectivity index (χ0n) is 20.4. The summed E-state index contributed by atoms with van der Waals surface area (Å²) in [6.07, 6.45) is -3.60. The number of fused-ring (bicyclic) bond motifs is 1. The van der Waals surface area contributed by atoms with Crippen LogP contribution in [0.5, 0.6) is 0 Å². The Morgan fingerprint density at radius 1 is 1.11 bits per heavy atom. The summed E-state index contributed by atoms with van der Waals surface area (Å²) < 4.78 is 58.6. The third-order valence-corrected chi connectivity index (χ3v) is 6.65. The highest BCUT2D eigenvalue weighted by molar-refractivity contribution is 5.91. The first kappa shape index (κ1) is 25.8. The number of hydrogen-bond acceptors (Lipinski definition) is 8. The van der Waals surface area contributed by atoms with Crippen molar-refractivity contribution < 1.29 is 27.1 Å². The van der Waals surface area contributed by atoms with E-state index in [1.54, 1.807) is 15.9 Å². The molecule has 0 aliphatic carbocycles. The molecule has 0 spiro atoms. The van der Waals surface area contributed by atoms with E-state index in [-0.39, 0.29) is 29.8 Å². The van der Waals surface area contributed by atoms with E-state index in [0.717, 1.165) is 12.4 Å². The summed E-state index contributed by atoms with van der Waals surface area (Å²) in [5, 5.41) is 6.83. The van der Waals surface area contributed by atoms with Crippen LogP contribution in [0, 0.1) is 5.82 Å². The Hall–Kier alpha value is -3.81. The molecule has 1 amide bonds. The van der Waals surface area contributed by atoms with Crippen molar-refractivity contribution in [3.05, 3.63) is 52.3 Å². The minimum Gasteiger partial charge on any atom is -0.371 e. The van der Waals surface area contributed by atoms with Gasteiger partial charge in [0.05, 0.1) is 29.6 Å². The molecule has 2 aliphatic heterocycles. The average molecular weight is 536 g/mol. The predicted molar refractivity (Wildman–Crippen MR) is 129 cm³/mol. The van der Waals surface area contributed by atoms with E-state index in [2.05, 4.69) is 20.2 Å². The van der Waals surface area contributed by atoms with Crippen molar-refractivity contribution in [2.75, 3.05) is 49.1 Å². The number of carbonyl (C=O) groups excluding carboxylic acids is 1. The number of piperazine rings is 1. The van der Waals surface area contributed by atoms with Gasteiger partial charge in [-0.2, -0.15) is 18.3 Å². The van der Waals surface area contributed by atoms with Gasteiger partial charge in [0.15, 0.2) is 5.82 Å². The fourth-order valence-electron chi connectivity index (χ4n) is 4.84. The quantitative estimate of drug-likeness (QED) is 0.507. The molecule has 2 saturated heterocycles. The summed E-state index contributed by atoms with van der Waals surface area (Å²) in [4.78, 5) is 38.1. The summed E-state index contributed by atoms with van der Waals surface area (Å²) in [5.41, 5.74) is -1.53. The number of ether oxygens (including phenoxy) is 1. The number of nitrogens with zero attached hydrogens (tertiary/aromatic N) is 6. The van der Waals surface area contributed by atoms with Gasteiger partial charge in [0.2, 0.25) is 11.9 Å². The van der Waals surface area contributed by atoms with Gasteiger partial charge in [0, 0.05) is 57.0 Å². The first-order chi connectivity index (χ1) is 18.1. The monoisotopic (exact) mass is 535 g/mol. The van der Waals surface area contributed by atoms with E-state index in [1.165, 1.54) is 12.1 Å².